The molecule has 0 amide bonds. The monoisotopic (exact) mass is 276 g/mol. The van der Waals surface area contributed by atoms with Crippen molar-refractivity contribution in [2.24, 2.45) is 0 Å². The lowest BCUT2D eigenvalue weighted by atomic mass is 10.1. The van der Waals surface area contributed by atoms with Gasteiger partial charge in [0.05, 0.1) is 16.4 Å². The topological polar surface area (TPSA) is 17.3 Å². The number of halogens is 2. The Kier molecular flexibility index (Phi) is 2.77. The van der Waals surface area contributed by atoms with E-state index in [1.54, 1.807) is 0 Å². The number of fused-ring (bicyclic) bond motifs is 1. The summed E-state index contributed by atoms with van der Waals surface area (Å²) in [6.45, 7) is 1.97. The Morgan fingerprint density at radius 2 is 1.83 bits per heavy atom. The van der Waals surface area contributed by atoms with Gasteiger partial charge in [-0.3, -0.25) is 4.40 Å². The number of hydrogen-bond acceptors (Lipinski definition) is 1. The highest BCUT2D eigenvalue weighted by molar-refractivity contribution is 6.33. The highest BCUT2D eigenvalue weighted by Crippen LogP contribution is 2.31. The standard InChI is InChI=1S/C14H10Cl2N2/c1-9-14(11-4-2-3-5-12(11)16)18-8-10(15)6-7-13(18)17-9/h2-8H,1H3. The maximum atomic E-state index is 6.25. The van der Waals surface area contributed by atoms with Gasteiger partial charge in [0.1, 0.15) is 5.65 Å². The van der Waals surface area contributed by atoms with Gasteiger partial charge in [-0.05, 0) is 25.1 Å². The number of benzene rings is 1. The molecule has 0 N–H and O–H groups in total. The summed E-state index contributed by atoms with van der Waals surface area (Å²) in [6, 6.07) is 11.5. The van der Waals surface area contributed by atoms with Gasteiger partial charge >= 0.3 is 0 Å². The molecule has 0 atom stereocenters. The highest BCUT2D eigenvalue weighted by Gasteiger charge is 2.13. The quantitative estimate of drug-likeness (QED) is 0.634. The molecule has 2 heterocycles. The first-order valence-corrected chi connectivity index (χ1v) is 6.31. The average molecular weight is 277 g/mol. The molecule has 0 saturated heterocycles. The van der Waals surface area contributed by atoms with Crippen LogP contribution in [0.15, 0.2) is 42.6 Å². The average Bonchev–Trinajstić information content (AvgIpc) is 2.66. The summed E-state index contributed by atoms with van der Waals surface area (Å²) in [6.07, 6.45) is 1.86. The minimum absolute atomic E-state index is 0.674. The lowest BCUT2D eigenvalue weighted by Gasteiger charge is -2.05. The third-order valence-corrected chi connectivity index (χ3v) is 3.44. The molecular formula is C14H10Cl2N2. The Bertz CT molecular complexity index is 732. The van der Waals surface area contributed by atoms with E-state index >= 15 is 0 Å². The molecular weight excluding hydrogens is 267 g/mol. The fourth-order valence-electron chi connectivity index (χ4n) is 2.11. The molecule has 90 valence electrons. The van der Waals surface area contributed by atoms with Crippen molar-refractivity contribution in [2.45, 2.75) is 6.92 Å². The Balaban J connectivity index is 2.38. The van der Waals surface area contributed by atoms with Gasteiger partial charge in [0.25, 0.3) is 0 Å². The summed E-state index contributed by atoms with van der Waals surface area (Å²) in [5.41, 5.74) is 3.75. The van der Waals surface area contributed by atoms with E-state index in [1.165, 1.54) is 0 Å². The van der Waals surface area contributed by atoms with Crippen LogP contribution >= 0.6 is 23.2 Å². The summed E-state index contributed by atoms with van der Waals surface area (Å²) >= 11 is 12.3. The third-order valence-electron chi connectivity index (χ3n) is 2.89. The lowest BCUT2D eigenvalue weighted by Crippen LogP contribution is -1.89. The number of pyridine rings is 1. The Hall–Kier alpha value is -1.51. The molecule has 0 radical (unpaired) electrons. The van der Waals surface area contributed by atoms with Crippen LogP contribution in [0.1, 0.15) is 5.69 Å². The molecule has 1 aromatic carbocycles. The largest absolute Gasteiger partial charge is 0.298 e. The number of rotatable bonds is 1. The molecule has 0 aliphatic heterocycles. The van der Waals surface area contributed by atoms with Crippen molar-refractivity contribution in [3.8, 4) is 11.3 Å². The fourth-order valence-corrected chi connectivity index (χ4v) is 2.50. The van der Waals surface area contributed by atoms with Gasteiger partial charge < -0.3 is 0 Å². The van der Waals surface area contributed by atoms with E-state index in [-0.39, 0.29) is 0 Å². The van der Waals surface area contributed by atoms with Crippen LogP contribution in [-0.2, 0) is 0 Å². The highest BCUT2D eigenvalue weighted by atomic mass is 35.5. The maximum Gasteiger partial charge on any atom is 0.137 e. The molecule has 0 spiro atoms. The van der Waals surface area contributed by atoms with Crippen molar-refractivity contribution in [1.29, 1.82) is 0 Å². The smallest absolute Gasteiger partial charge is 0.137 e. The molecule has 3 rings (SSSR count). The van der Waals surface area contributed by atoms with Crippen LogP contribution in [0.4, 0.5) is 0 Å². The van der Waals surface area contributed by atoms with Crippen LogP contribution in [0, 0.1) is 6.92 Å². The van der Waals surface area contributed by atoms with Crippen LogP contribution in [0.2, 0.25) is 10.0 Å². The molecule has 0 unspecified atom stereocenters. The minimum atomic E-state index is 0.674. The zero-order chi connectivity index (χ0) is 12.7. The predicted molar refractivity (Wildman–Crippen MR) is 75.4 cm³/mol. The van der Waals surface area contributed by atoms with Gasteiger partial charge in [-0.2, -0.15) is 0 Å². The SMILES string of the molecule is Cc1nc2ccc(Cl)cn2c1-c1ccccc1Cl. The molecule has 3 aromatic rings. The second-order valence-corrected chi connectivity index (χ2v) is 4.94. The molecule has 0 fully saturated rings. The van der Waals surface area contributed by atoms with E-state index in [0.717, 1.165) is 22.6 Å². The van der Waals surface area contributed by atoms with Crippen LogP contribution in [-0.4, -0.2) is 9.38 Å². The first-order chi connectivity index (χ1) is 8.66. The summed E-state index contributed by atoms with van der Waals surface area (Å²) in [5.74, 6) is 0. The van der Waals surface area contributed by atoms with Crippen LogP contribution in [0.3, 0.4) is 0 Å². The second-order valence-electron chi connectivity index (χ2n) is 4.10. The molecule has 0 aliphatic carbocycles. The number of aromatic nitrogens is 2. The van der Waals surface area contributed by atoms with Crippen molar-refractivity contribution in [3.05, 3.63) is 58.3 Å². The maximum absolute atomic E-state index is 6.25. The Morgan fingerprint density at radius 1 is 1.06 bits per heavy atom. The number of nitrogens with zero attached hydrogens (tertiary/aromatic N) is 2. The molecule has 18 heavy (non-hydrogen) atoms. The van der Waals surface area contributed by atoms with E-state index in [4.69, 9.17) is 23.2 Å². The lowest BCUT2D eigenvalue weighted by molar-refractivity contribution is 1.19. The number of aryl methyl sites for hydroxylation is 1. The van der Waals surface area contributed by atoms with Gasteiger partial charge in [0, 0.05) is 16.8 Å². The summed E-state index contributed by atoms with van der Waals surface area (Å²) in [4.78, 5) is 4.52. The van der Waals surface area contributed by atoms with Crippen molar-refractivity contribution in [2.75, 3.05) is 0 Å². The van der Waals surface area contributed by atoms with E-state index in [0.29, 0.717) is 10.0 Å². The second kappa shape index (κ2) is 4.30. The first kappa shape index (κ1) is 11.6. The van der Waals surface area contributed by atoms with E-state index in [2.05, 4.69) is 4.98 Å². The van der Waals surface area contributed by atoms with Crippen molar-refractivity contribution in [3.63, 3.8) is 0 Å². The van der Waals surface area contributed by atoms with Gasteiger partial charge in [0.15, 0.2) is 0 Å². The summed E-state index contributed by atoms with van der Waals surface area (Å²) < 4.78 is 1.97. The van der Waals surface area contributed by atoms with E-state index in [1.807, 2.05) is 53.9 Å². The normalized spacial score (nSPS) is 11.1. The minimum Gasteiger partial charge on any atom is -0.298 e. The van der Waals surface area contributed by atoms with Gasteiger partial charge in [0.2, 0.25) is 0 Å². The predicted octanol–water partition coefficient (Wildman–Crippen LogP) is 4.62. The first-order valence-electron chi connectivity index (χ1n) is 5.56. The van der Waals surface area contributed by atoms with Gasteiger partial charge in [-0.15, -0.1) is 0 Å². The summed E-state index contributed by atoms with van der Waals surface area (Å²) in [7, 11) is 0. The van der Waals surface area contributed by atoms with E-state index in [9.17, 15) is 0 Å². The molecule has 4 heteroatoms. The molecule has 2 aromatic heterocycles. The third kappa shape index (κ3) is 1.78. The molecule has 0 saturated carbocycles. The van der Waals surface area contributed by atoms with Crippen LogP contribution in [0.25, 0.3) is 16.9 Å². The van der Waals surface area contributed by atoms with Gasteiger partial charge in [-0.1, -0.05) is 41.4 Å². The zero-order valence-corrected chi connectivity index (χ0v) is 11.2. The van der Waals surface area contributed by atoms with Crippen LogP contribution in [0.5, 0.6) is 0 Å². The molecule has 0 bridgehead atoms. The Morgan fingerprint density at radius 3 is 2.61 bits per heavy atom. The number of hydrogen-bond donors (Lipinski definition) is 0. The van der Waals surface area contributed by atoms with Crippen molar-refractivity contribution in [1.82, 2.24) is 9.38 Å². The molecule has 2 nitrogen and oxygen atoms in total. The Labute approximate surface area is 115 Å². The number of imidazole rings is 1. The summed E-state index contributed by atoms with van der Waals surface area (Å²) in [5, 5.41) is 1.38. The van der Waals surface area contributed by atoms with Crippen molar-refractivity contribution < 1.29 is 0 Å². The van der Waals surface area contributed by atoms with Crippen molar-refractivity contribution >= 4 is 28.8 Å². The molecule has 0 aliphatic rings. The van der Waals surface area contributed by atoms with E-state index < -0.39 is 0 Å². The fraction of sp³-hybridized carbons (Fsp3) is 0.0714. The zero-order valence-electron chi connectivity index (χ0n) is 9.69. The van der Waals surface area contributed by atoms with Gasteiger partial charge in [-0.25, -0.2) is 4.98 Å². The van der Waals surface area contributed by atoms with Crippen LogP contribution < -0.4 is 0 Å².